The summed E-state index contributed by atoms with van der Waals surface area (Å²) in [5, 5.41) is 17.3. The van der Waals surface area contributed by atoms with Crippen LogP contribution < -0.4 is 16.3 Å². The molecule has 0 spiro atoms. The third kappa shape index (κ3) is 4.49. The van der Waals surface area contributed by atoms with E-state index in [1.165, 1.54) is 36.4 Å². The summed E-state index contributed by atoms with van der Waals surface area (Å²) in [6.45, 7) is 0. The SMILES string of the molecule is O=C(Nc1ccc(F)cc1)c1cc2ccc(O)cc2oc1=NNc1ccc(Br)cc1. The molecule has 30 heavy (non-hydrogen) atoms. The van der Waals surface area contributed by atoms with Gasteiger partial charge >= 0.3 is 0 Å². The molecule has 3 aromatic carbocycles. The average Bonchev–Trinajstić information content (AvgIpc) is 2.74. The fourth-order valence-corrected chi connectivity index (χ4v) is 2.99. The van der Waals surface area contributed by atoms with Crippen molar-refractivity contribution in [2.75, 3.05) is 10.7 Å². The fraction of sp³-hybridized carbons (Fsp3) is 0. The minimum Gasteiger partial charge on any atom is -0.508 e. The number of phenolic OH excluding ortho intramolecular Hbond substituents is 1. The lowest BCUT2D eigenvalue weighted by Crippen LogP contribution is -2.22. The highest BCUT2D eigenvalue weighted by Gasteiger charge is 2.14. The molecule has 1 heterocycles. The van der Waals surface area contributed by atoms with Gasteiger partial charge in [-0.05, 0) is 66.7 Å². The molecule has 1 aromatic heterocycles. The molecular formula is C22H15BrFN3O3. The molecule has 3 N–H and O–H groups in total. The molecule has 0 radical (unpaired) electrons. The van der Waals surface area contributed by atoms with Crippen molar-refractivity contribution in [2.45, 2.75) is 0 Å². The summed E-state index contributed by atoms with van der Waals surface area (Å²) in [6.07, 6.45) is 0. The lowest BCUT2D eigenvalue weighted by molar-refractivity contribution is 0.102. The number of amides is 1. The van der Waals surface area contributed by atoms with Crippen molar-refractivity contribution in [1.82, 2.24) is 0 Å². The van der Waals surface area contributed by atoms with E-state index in [1.807, 2.05) is 12.1 Å². The highest BCUT2D eigenvalue weighted by molar-refractivity contribution is 9.10. The number of hydrogen-bond donors (Lipinski definition) is 3. The Hall–Kier alpha value is -3.65. The maximum atomic E-state index is 13.1. The van der Waals surface area contributed by atoms with Crippen LogP contribution in [0, 0.1) is 5.82 Å². The number of phenols is 1. The molecule has 0 aliphatic rings. The Morgan fingerprint density at radius 2 is 1.67 bits per heavy atom. The second kappa shape index (κ2) is 8.38. The summed E-state index contributed by atoms with van der Waals surface area (Å²) >= 11 is 3.37. The number of hydrogen-bond acceptors (Lipinski definition) is 5. The molecule has 6 nitrogen and oxygen atoms in total. The predicted molar refractivity (Wildman–Crippen MR) is 116 cm³/mol. The van der Waals surface area contributed by atoms with E-state index < -0.39 is 11.7 Å². The van der Waals surface area contributed by atoms with Gasteiger partial charge in [-0.15, -0.1) is 5.10 Å². The maximum Gasteiger partial charge on any atom is 0.261 e. The lowest BCUT2D eigenvalue weighted by Gasteiger charge is -2.08. The van der Waals surface area contributed by atoms with Gasteiger partial charge in [-0.25, -0.2) is 4.39 Å². The number of anilines is 2. The molecule has 0 saturated heterocycles. The minimum absolute atomic E-state index is 0.0237. The van der Waals surface area contributed by atoms with Crippen LogP contribution in [0.1, 0.15) is 10.4 Å². The molecule has 1 amide bonds. The second-order valence-electron chi connectivity index (χ2n) is 6.38. The summed E-state index contributed by atoms with van der Waals surface area (Å²) in [5.74, 6) is -0.846. The molecule has 0 bridgehead atoms. The van der Waals surface area contributed by atoms with Gasteiger partial charge in [0, 0.05) is 21.6 Å². The van der Waals surface area contributed by atoms with E-state index in [-0.39, 0.29) is 16.9 Å². The number of nitrogens with one attached hydrogen (secondary N) is 2. The van der Waals surface area contributed by atoms with Crippen LogP contribution in [0.3, 0.4) is 0 Å². The Balaban J connectivity index is 1.75. The molecule has 0 fully saturated rings. The van der Waals surface area contributed by atoms with Crippen LogP contribution in [0.2, 0.25) is 0 Å². The number of fused-ring (bicyclic) bond motifs is 1. The van der Waals surface area contributed by atoms with Gasteiger partial charge < -0.3 is 14.8 Å². The number of benzene rings is 3. The number of aromatic hydroxyl groups is 1. The number of carbonyl (C=O) groups excluding carboxylic acids is 1. The highest BCUT2D eigenvalue weighted by Crippen LogP contribution is 2.20. The fourth-order valence-electron chi connectivity index (χ4n) is 2.72. The first kappa shape index (κ1) is 19.7. The summed E-state index contributed by atoms with van der Waals surface area (Å²) in [5.41, 5.74) is 4.53. The van der Waals surface area contributed by atoms with Crippen molar-refractivity contribution < 1.29 is 18.7 Å². The first-order valence-electron chi connectivity index (χ1n) is 8.87. The number of carbonyl (C=O) groups is 1. The van der Waals surface area contributed by atoms with Crippen LogP contribution in [-0.2, 0) is 0 Å². The van der Waals surface area contributed by atoms with E-state index >= 15 is 0 Å². The van der Waals surface area contributed by atoms with Gasteiger partial charge in [-0.2, -0.15) is 0 Å². The van der Waals surface area contributed by atoms with Crippen molar-refractivity contribution in [3.63, 3.8) is 0 Å². The minimum atomic E-state index is -0.475. The van der Waals surface area contributed by atoms with Gasteiger partial charge in [-0.3, -0.25) is 10.2 Å². The van der Waals surface area contributed by atoms with Gasteiger partial charge in [0.05, 0.1) is 5.69 Å². The zero-order valence-electron chi connectivity index (χ0n) is 15.4. The molecule has 8 heteroatoms. The van der Waals surface area contributed by atoms with E-state index in [4.69, 9.17) is 4.42 Å². The summed E-state index contributed by atoms with van der Waals surface area (Å²) in [4.78, 5) is 12.9. The zero-order chi connectivity index (χ0) is 21.1. The van der Waals surface area contributed by atoms with Gasteiger partial charge in [0.25, 0.3) is 5.91 Å². The molecule has 0 aliphatic carbocycles. The van der Waals surface area contributed by atoms with E-state index in [9.17, 15) is 14.3 Å². The lowest BCUT2D eigenvalue weighted by atomic mass is 10.1. The van der Waals surface area contributed by atoms with Gasteiger partial charge in [0.1, 0.15) is 22.7 Å². The van der Waals surface area contributed by atoms with Crippen LogP contribution in [-0.4, -0.2) is 11.0 Å². The topological polar surface area (TPSA) is 86.9 Å². The Morgan fingerprint density at radius 1 is 0.967 bits per heavy atom. The van der Waals surface area contributed by atoms with E-state index in [2.05, 4.69) is 31.8 Å². The van der Waals surface area contributed by atoms with Crippen molar-refractivity contribution in [1.29, 1.82) is 0 Å². The monoisotopic (exact) mass is 467 g/mol. The molecule has 0 atom stereocenters. The van der Waals surface area contributed by atoms with Gasteiger partial charge in [0.15, 0.2) is 0 Å². The predicted octanol–water partition coefficient (Wildman–Crippen LogP) is 5.22. The van der Waals surface area contributed by atoms with Crippen LogP contribution in [0.15, 0.2) is 86.8 Å². The first-order chi connectivity index (χ1) is 14.5. The number of nitrogens with zero attached hydrogens (tertiary/aromatic N) is 1. The van der Waals surface area contributed by atoms with Crippen LogP contribution in [0.25, 0.3) is 11.0 Å². The smallest absolute Gasteiger partial charge is 0.261 e. The summed E-state index contributed by atoms with van der Waals surface area (Å²) in [6, 6.07) is 18.9. The maximum absolute atomic E-state index is 13.1. The third-order valence-corrected chi connectivity index (χ3v) is 4.74. The zero-order valence-corrected chi connectivity index (χ0v) is 17.0. The molecule has 4 rings (SSSR count). The first-order valence-corrected chi connectivity index (χ1v) is 9.66. The Morgan fingerprint density at radius 3 is 2.40 bits per heavy atom. The summed E-state index contributed by atoms with van der Waals surface area (Å²) < 4.78 is 19.8. The van der Waals surface area contributed by atoms with Crippen molar-refractivity contribution in [3.05, 3.63) is 94.2 Å². The molecule has 4 aromatic rings. The van der Waals surface area contributed by atoms with Crippen LogP contribution >= 0.6 is 15.9 Å². The van der Waals surface area contributed by atoms with E-state index in [0.29, 0.717) is 22.3 Å². The number of halogens is 2. The van der Waals surface area contributed by atoms with E-state index in [0.717, 1.165) is 4.47 Å². The van der Waals surface area contributed by atoms with Crippen LogP contribution in [0.5, 0.6) is 5.75 Å². The van der Waals surface area contributed by atoms with Crippen molar-refractivity contribution in [3.8, 4) is 5.75 Å². The molecule has 0 unspecified atom stereocenters. The highest BCUT2D eigenvalue weighted by atomic mass is 79.9. The normalized spacial score (nSPS) is 11.5. The molecule has 0 saturated carbocycles. The Kier molecular flexibility index (Phi) is 5.49. The van der Waals surface area contributed by atoms with Crippen molar-refractivity contribution >= 4 is 44.2 Å². The largest absolute Gasteiger partial charge is 0.508 e. The third-order valence-electron chi connectivity index (χ3n) is 4.21. The molecular weight excluding hydrogens is 453 g/mol. The van der Waals surface area contributed by atoms with E-state index in [1.54, 1.807) is 24.3 Å². The number of rotatable bonds is 4. The van der Waals surface area contributed by atoms with Crippen LogP contribution in [0.4, 0.5) is 15.8 Å². The molecule has 0 aliphatic heterocycles. The molecule has 150 valence electrons. The Labute approximate surface area is 178 Å². The van der Waals surface area contributed by atoms with Gasteiger partial charge in [-0.1, -0.05) is 15.9 Å². The Bertz CT molecular complexity index is 1290. The summed E-state index contributed by atoms with van der Waals surface area (Å²) in [7, 11) is 0. The van der Waals surface area contributed by atoms with Gasteiger partial charge in [0.2, 0.25) is 5.55 Å². The average molecular weight is 468 g/mol. The quantitative estimate of drug-likeness (QED) is 0.359. The second-order valence-corrected chi connectivity index (χ2v) is 7.29. The standard InChI is InChI=1S/C22H15BrFN3O3/c23-14-2-6-17(7-3-14)26-27-22-19(11-13-1-10-18(28)12-20(13)30-22)21(29)25-16-8-4-15(24)5-9-16/h1-12,26,28H,(H,25,29). The van der Waals surface area contributed by atoms with Crippen molar-refractivity contribution in [2.24, 2.45) is 5.10 Å².